The molecule has 1 saturated carbocycles. The van der Waals surface area contributed by atoms with Crippen molar-refractivity contribution >= 4 is 22.6 Å². The van der Waals surface area contributed by atoms with Gasteiger partial charge in [0.2, 0.25) is 11.8 Å². The third-order valence-corrected chi connectivity index (χ3v) is 5.54. The van der Waals surface area contributed by atoms with Crippen LogP contribution < -0.4 is 10.6 Å². The van der Waals surface area contributed by atoms with E-state index in [0.29, 0.717) is 12.5 Å². The molecule has 1 unspecified atom stereocenters. The van der Waals surface area contributed by atoms with Gasteiger partial charge in [-0.1, -0.05) is 49.9 Å². The zero-order valence-electron chi connectivity index (χ0n) is 15.9. The Balaban J connectivity index is 1.77. The van der Waals surface area contributed by atoms with Crippen molar-refractivity contribution in [3.05, 3.63) is 60.7 Å². The van der Waals surface area contributed by atoms with Gasteiger partial charge in [0, 0.05) is 12.5 Å². The topological polar surface area (TPSA) is 58.2 Å². The van der Waals surface area contributed by atoms with Gasteiger partial charge in [0.15, 0.2) is 0 Å². The second-order valence-corrected chi connectivity index (χ2v) is 7.57. The smallest absolute Gasteiger partial charge is 0.243 e. The van der Waals surface area contributed by atoms with Crippen LogP contribution >= 0.6 is 0 Å². The molecule has 142 valence electrons. The fraction of sp³-hybridized carbons (Fsp3) is 0.391. The van der Waals surface area contributed by atoms with Gasteiger partial charge in [-0.3, -0.25) is 9.59 Å². The van der Waals surface area contributed by atoms with Gasteiger partial charge in [-0.15, -0.1) is 0 Å². The van der Waals surface area contributed by atoms with Crippen molar-refractivity contribution in [3.8, 4) is 0 Å². The molecule has 4 heteroatoms. The molecule has 1 atom stereocenters. The van der Waals surface area contributed by atoms with E-state index < -0.39 is 0 Å². The Bertz CT molecular complexity index is 822. The molecule has 3 rings (SSSR count). The van der Waals surface area contributed by atoms with E-state index in [2.05, 4.69) is 48.4 Å². The van der Waals surface area contributed by atoms with Crippen LogP contribution in [0.4, 0.5) is 0 Å². The highest BCUT2D eigenvalue weighted by Crippen LogP contribution is 2.29. The largest absolute Gasteiger partial charge is 0.350 e. The third kappa shape index (κ3) is 4.97. The van der Waals surface area contributed by atoms with Crippen molar-refractivity contribution in [1.29, 1.82) is 0 Å². The van der Waals surface area contributed by atoms with Crippen molar-refractivity contribution in [3.63, 3.8) is 0 Å². The zero-order valence-corrected chi connectivity index (χ0v) is 15.9. The van der Waals surface area contributed by atoms with E-state index in [4.69, 9.17) is 0 Å². The highest BCUT2D eigenvalue weighted by molar-refractivity contribution is 5.87. The molecular formula is C23H28N2O2. The van der Waals surface area contributed by atoms with Crippen molar-refractivity contribution < 1.29 is 9.59 Å². The summed E-state index contributed by atoms with van der Waals surface area (Å²) in [4.78, 5) is 24.5. The van der Waals surface area contributed by atoms with Gasteiger partial charge in [0.25, 0.3) is 0 Å². The summed E-state index contributed by atoms with van der Waals surface area (Å²) in [5.41, 5.74) is 0.996. The molecule has 1 aliphatic carbocycles. The standard InChI is InChI=1S/C23H28N2O2/c1-3-22(26)24-15-21(25-23(27)18-10-8-16(2)9-11-18)20-13-12-17-6-4-5-7-19(17)14-20/h3-7,12-14,16,18,21H,1,8-11,15H2,2H3,(H,24,26)(H,25,27). The van der Waals surface area contributed by atoms with Crippen LogP contribution in [0.3, 0.4) is 0 Å². The molecule has 2 aromatic carbocycles. The van der Waals surface area contributed by atoms with Crippen molar-refractivity contribution in [2.45, 2.75) is 38.6 Å². The minimum atomic E-state index is -0.259. The highest BCUT2D eigenvalue weighted by Gasteiger charge is 2.26. The number of carbonyl (C=O) groups is 2. The quantitative estimate of drug-likeness (QED) is 0.757. The van der Waals surface area contributed by atoms with E-state index in [1.807, 2.05) is 18.2 Å². The SMILES string of the molecule is C=CC(=O)NCC(NC(=O)C1CCC(C)CC1)c1ccc2ccccc2c1. The Morgan fingerprint density at radius 3 is 2.52 bits per heavy atom. The van der Waals surface area contributed by atoms with Crippen LogP contribution in [0.15, 0.2) is 55.1 Å². The first kappa shape index (κ1) is 19.2. The van der Waals surface area contributed by atoms with Crippen LogP contribution in [0.25, 0.3) is 10.8 Å². The molecule has 2 aromatic rings. The number of benzene rings is 2. The van der Waals surface area contributed by atoms with Crippen molar-refractivity contribution in [1.82, 2.24) is 10.6 Å². The minimum absolute atomic E-state index is 0.0688. The highest BCUT2D eigenvalue weighted by atomic mass is 16.2. The van der Waals surface area contributed by atoms with E-state index >= 15 is 0 Å². The molecule has 0 aromatic heterocycles. The molecule has 0 saturated heterocycles. The number of fused-ring (bicyclic) bond motifs is 1. The lowest BCUT2D eigenvalue weighted by Crippen LogP contribution is -2.40. The van der Waals surface area contributed by atoms with E-state index in [9.17, 15) is 9.59 Å². The second-order valence-electron chi connectivity index (χ2n) is 7.57. The van der Waals surface area contributed by atoms with Crippen LogP contribution in [-0.2, 0) is 9.59 Å². The molecule has 1 aliphatic rings. The summed E-state index contributed by atoms with van der Waals surface area (Å²) in [5.74, 6) is 0.630. The molecule has 1 fully saturated rings. The van der Waals surface area contributed by atoms with Crippen molar-refractivity contribution in [2.75, 3.05) is 6.54 Å². The summed E-state index contributed by atoms with van der Waals surface area (Å²) >= 11 is 0. The van der Waals surface area contributed by atoms with Crippen LogP contribution in [0.2, 0.25) is 0 Å². The lowest BCUT2D eigenvalue weighted by Gasteiger charge is -2.28. The van der Waals surface area contributed by atoms with E-state index in [0.717, 1.165) is 42.0 Å². The van der Waals surface area contributed by atoms with Crippen LogP contribution in [0, 0.1) is 11.8 Å². The van der Waals surface area contributed by atoms with Gasteiger partial charge in [0.05, 0.1) is 6.04 Å². The Morgan fingerprint density at radius 1 is 1.11 bits per heavy atom. The maximum absolute atomic E-state index is 12.8. The molecule has 0 radical (unpaired) electrons. The molecule has 0 aliphatic heterocycles. The molecule has 0 bridgehead atoms. The molecule has 2 N–H and O–H groups in total. The number of amides is 2. The van der Waals surface area contributed by atoms with Crippen molar-refractivity contribution in [2.24, 2.45) is 11.8 Å². The summed E-state index contributed by atoms with van der Waals surface area (Å²) in [6.07, 6.45) is 5.34. The summed E-state index contributed by atoms with van der Waals surface area (Å²) in [6.45, 7) is 6.09. The maximum atomic E-state index is 12.8. The average Bonchev–Trinajstić information content (AvgIpc) is 2.70. The zero-order chi connectivity index (χ0) is 19.2. The average molecular weight is 364 g/mol. The normalized spacial score (nSPS) is 20.6. The predicted octanol–water partition coefficient (Wildman–Crippen LogP) is 4.13. The number of hydrogen-bond donors (Lipinski definition) is 2. The van der Waals surface area contributed by atoms with Gasteiger partial charge < -0.3 is 10.6 Å². The Hall–Kier alpha value is -2.62. The minimum Gasteiger partial charge on any atom is -0.350 e. The fourth-order valence-corrected chi connectivity index (χ4v) is 3.76. The lowest BCUT2D eigenvalue weighted by molar-refractivity contribution is -0.127. The van der Waals surface area contributed by atoms with Gasteiger partial charge in [0.1, 0.15) is 0 Å². The predicted molar refractivity (Wildman–Crippen MR) is 109 cm³/mol. The van der Waals surface area contributed by atoms with E-state index in [-0.39, 0.29) is 23.8 Å². The van der Waals surface area contributed by atoms with Gasteiger partial charge in [-0.2, -0.15) is 0 Å². The fourth-order valence-electron chi connectivity index (χ4n) is 3.76. The summed E-state index contributed by atoms with van der Waals surface area (Å²) < 4.78 is 0. The Labute approximate surface area is 161 Å². The number of hydrogen-bond acceptors (Lipinski definition) is 2. The van der Waals surface area contributed by atoms with E-state index in [1.54, 1.807) is 0 Å². The molecule has 0 heterocycles. The Morgan fingerprint density at radius 2 is 1.81 bits per heavy atom. The molecular weight excluding hydrogens is 336 g/mol. The molecule has 2 amide bonds. The Kier molecular flexibility index (Phi) is 6.28. The number of rotatable bonds is 6. The number of carbonyl (C=O) groups excluding carboxylic acids is 2. The molecule has 27 heavy (non-hydrogen) atoms. The summed E-state index contributed by atoms with van der Waals surface area (Å²) in [5, 5.41) is 8.27. The monoisotopic (exact) mass is 364 g/mol. The number of nitrogens with one attached hydrogen (secondary N) is 2. The van der Waals surface area contributed by atoms with Crippen LogP contribution in [0.1, 0.15) is 44.2 Å². The first-order valence-electron chi connectivity index (χ1n) is 9.76. The van der Waals surface area contributed by atoms with Crippen LogP contribution in [0.5, 0.6) is 0 Å². The second kappa shape index (κ2) is 8.85. The summed E-state index contributed by atoms with van der Waals surface area (Å²) in [6, 6.07) is 14.0. The van der Waals surface area contributed by atoms with E-state index in [1.165, 1.54) is 6.08 Å². The summed E-state index contributed by atoms with van der Waals surface area (Å²) in [7, 11) is 0. The lowest BCUT2D eigenvalue weighted by atomic mass is 9.82. The van der Waals surface area contributed by atoms with Gasteiger partial charge in [-0.25, -0.2) is 0 Å². The van der Waals surface area contributed by atoms with Gasteiger partial charge in [-0.05, 0) is 60.1 Å². The molecule has 4 nitrogen and oxygen atoms in total. The molecule has 0 spiro atoms. The van der Waals surface area contributed by atoms with Gasteiger partial charge >= 0.3 is 0 Å². The van der Waals surface area contributed by atoms with Crippen LogP contribution in [-0.4, -0.2) is 18.4 Å². The first-order valence-corrected chi connectivity index (χ1v) is 9.76. The third-order valence-electron chi connectivity index (χ3n) is 5.54. The maximum Gasteiger partial charge on any atom is 0.243 e. The first-order chi connectivity index (χ1) is 13.1.